The number of carbonyl (C=O) groups excluding carboxylic acids is 1. The number of rotatable bonds is 1. The fraction of sp³-hybridized carbons (Fsp3) is 0.917. The smallest absolute Gasteiger partial charge is 0.410 e. The van der Waals surface area contributed by atoms with E-state index >= 15 is 0 Å². The Morgan fingerprint density at radius 2 is 2.06 bits per heavy atom. The van der Waals surface area contributed by atoms with E-state index < -0.39 is 5.60 Å². The molecule has 17 heavy (non-hydrogen) atoms. The molecule has 1 fully saturated rings. The van der Waals surface area contributed by atoms with Crippen molar-refractivity contribution in [1.29, 1.82) is 0 Å². The van der Waals surface area contributed by atoms with Crippen LogP contribution < -0.4 is 0 Å². The number of carbonyl (C=O) groups is 1. The Morgan fingerprint density at radius 3 is 2.53 bits per heavy atom. The average Bonchev–Trinajstić information content (AvgIpc) is 2.29. The zero-order valence-electron chi connectivity index (χ0n) is 11.5. The van der Waals surface area contributed by atoms with Crippen molar-refractivity contribution in [2.45, 2.75) is 46.3 Å². The second-order valence-electron chi connectivity index (χ2n) is 4.59. The van der Waals surface area contributed by atoms with Crippen molar-refractivity contribution in [2.75, 3.05) is 26.4 Å². The van der Waals surface area contributed by atoms with E-state index in [9.17, 15) is 4.79 Å². The van der Waals surface area contributed by atoms with Gasteiger partial charge in [-0.05, 0) is 20.8 Å². The predicted octanol–water partition coefficient (Wildman–Crippen LogP) is 1.64. The summed E-state index contributed by atoms with van der Waals surface area (Å²) in [6.45, 7) is 10.7. The van der Waals surface area contributed by atoms with Gasteiger partial charge in [0, 0.05) is 6.54 Å². The van der Waals surface area contributed by atoms with E-state index in [1.807, 2.05) is 34.6 Å². The first-order chi connectivity index (χ1) is 7.94. The number of aliphatic hydroxyl groups is 1. The Kier molecular flexibility index (Phi) is 7.15. The standard InChI is InChI=1S/C10H19NO4.C2H6/c1-10(2,3)15-9(13)11-4-5-14-7-8(11)6-12;1-2/h8,12H,4-7H2,1-3H3;1-2H3. The van der Waals surface area contributed by atoms with Crippen LogP contribution in [0.1, 0.15) is 34.6 Å². The van der Waals surface area contributed by atoms with Gasteiger partial charge in [-0.15, -0.1) is 0 Å². The van der Waals surface area contributed by atoms with Crippen molar-refractivity contribution < 1.29 is 19.4 Å². The molecule has 1 N–H and O–H groups in total. The van der Waals surface area contributed by atoms with Crippen LogP contribution in [0, 0.1) is 0 Å². The van der Waals surface area contributed by atoms with Gasteiger partial charge in [0.1, 0.15) is 5.60 Å². The van der Waals surface area contributed by atoms with E-state index in [0.717, 1.165) is 0 Å². The summed E-state index contributed by atoms with van der Waals surface area (Å²) < 4.78 is 10.4. The van der Waals surface area contributed by atoms with Gasteiger partial charge < -0.3 is 14.6 Å². The number of ether oxygens (including phenoxy) is 2. The first-order valence-corrected chi connectivity index (χ1v) is 6.12. The number of morpholine rings is 1. The van der Waals surface area contributed by atoms with Crippen LogP contribution in [-0.2, 0) is 9.47 Å². The first-order valence-electron chi connectivity index (χ1n) is 6.12. The summed E-state index contributed by atoms with van der Waals surface area (Å²) in [5, 5.41) is 9.08. The zero-order valence-corrected chi connectivity index (χ0v) is 11.5. The highest BCUT2D eigenvalue weighted by atomic mass is 16.6. The van der Waals surface area contributed by atoms with Crippen molar-refractivity contribution in [3.05, 3.63) is 0 Å². The monoisotopic (exact) mass is 247 g/mol. The fourth-order valence-corrected chi connectivity index (χ4v) is 1.37. The van der Waals surface area contributed by atoms with Gasteiger partial charge >= 0.3 is 6.09 Å². The molecule has 0 spiro atoms. The SMILES string of the molecule is CC.CC(C)(C)OC(=O)N1CCOCC1CO. The molecule has 1 rings (SSSR count). The summed E-state index contributed by atoms with van der Waals surface area (Å²) in [6, 6.07) is -0.284. The summed E-state index contributed by atoms with van der Waals surface area (Å²) in [4.78, 5) is 13.2. The van der Waals surface area contributed by atoms with Crippen LogP contribution in [-0.4, -0.2) is 54.1 Å². The minimum Gasteiger partial charge on any atom is -0.444 e. The van der Waals surface area contributed by atoms with Gasteiger partial charge in [-0.3, -0.25) is 4.90 Å². The molecular formula is C12H25NO4. The van der Waals surface area contributed by atoms with E-state index in [1.165, 1.54) is 4.90 Å². The van der Waals surface area contributed by atoms with Gasteiger partial charge in [0.05, 0.1) is 25.9 Å². The molecule has 1 saturated heterocycles. The van der Waals surface area contributed by atoms with Crippen molar-refractivity contribution in [2.24, 2.45) is 0 Å². The topological polar surface area (TPSA) is 59.0 Å². The lowest BCUT2D eigenvalue weighted by Crippen LogP contribution is -2.51. The molecule has 5 nitrogen and oxygen atoms in total. The van der Waals surface area contributed by atoms with Crippen LogP contribution in [0.5, 0.6) is 0 Å². The van der Waals surface area contributed by atoms with E-state index in [2.05, 4.69) is 0 Å². The number of nitrogens with zero attached hydrogens (tertiary/aromatic N) is 1. The molecule has 1 aliphatic rings. The van der Waals surface area contributed by atoms with Crippen molar-refractivity contribution in [1.82, 2.24) is 4.90 Å². The molecule has 0 radical (unpaired) electrons. The lowest BCUT2D eigenvalue weighted by atomic mass is 10.2. The molecule has 1 aliphatic heterocycles. The molecule has 102 valence electrons. The third-order valence-electron chi connectivity index (χ3n) is 2.07. The molecule has 1 heterocycles. The van der Waals surface area contributed by atoms with Crippen LogP contribution in [0.3, 0.4) is 0 Å². The minimum atomic E-state index is -0.505. The van der Waals surface area contributed by atoms with Gasteiger partial charge in [0.2, 0.25) is 0 Å². The maximum absolute atomic E-state index is 11.7. The highest BCUT2D eigenvalue weighted by molar-refractivity contribution is 5.68. The molecule has 1 amide bonds. The third-order valence-corrected chi connectivity index (χ3v) is 2.07. The average molecular weight is 247 g/mol. The van der Waals surface area contributed by atoms with Crippen LogP contribution in [0.4, 0.5) is 4.79 Å². The highest BCUT2D eigenvalue weighted by Crippen LogP contribution is 2.14. The number of amides is 1. The summed E-state index contributed by atoms with van der Waals surface area (Å²) in [5.74, 6) is 0. The summed E-state index contributed by atoms with van der Waals surface area (Å²) >= 11 is 0. The fourth-order valence-electron chi connectivity index (χ4n) is 1.37. The minimum absolute atomic E-state index is 0.0980. The van der Waals surface area contributed by atoms with Crippen LogP contribution in [0.2, 0.25) is 0 Å². The molecule has 1 atom stereocenters. The van der Waals surface area contributed by atoms with Gasteiger partial charge in [-0.1, -0.05) is 13.8 Å². The van der Waals surface area contributed by atoms with E-state index in [-0.39, 0.29) is 18.7 Å². The van der Waals surface area contributed by atoms with Crippen molar-refractivity contribution >= 4 is 6.09 Å². The zero-order chi connectivity index (χ0) is 13.5. The van der Waals surface area contributed by atoms with Gasteiger partial charge in [-0.2, -0.15) is 0 Å². The van der Waals surface area contributed by atoms with Gasteiger partial charge in [-0.25, -0.2) is 4.79 Å². The molecule has 0 saturated carbocycles. The Bertz CT molecular complexity index is 225. The Morgan fingerprint density at radius 1 is 1.47 bits per heavy atom. The summed E-state index contributed by atoms with van der Waals surface area (Å²) in [6.07, 6.45) is -0.384. The Hall–Kier alpha value is -0.810. The molecule has 1 unspecified atom stereocenters. The highest BCUT2D eigenvalue weighted by Gasteiger charge is 2.30. The molecule has 0 aliphatic carbocycles. The quantitative estimate of drug-likeness (QED) is 0.765. The van der Waals surface area contributed by atoms with Crippen LogP contribution in [0.15, 0.2) is 0 Å². The first kappa shape index (κ1) is 16.2. The Balaban J connectivity index is 0.00000121. The number of aliphatic hydroxyl groups excluding tert-OH is 1. The molecule has 0 bridgehead atoms. The van der Waals surface area contributed by atoms with E-state index in [4.69, 9.17) is 14.6 Å². The lowest BCUT2D eigenvalue weighted by molar-refractivity contribution is -0.0443. The molecule has 0 aromatic rings. The van der Waals surface area contributed by atoms with Gasteiger partial charge in [0.15, 0.2) is 0 Å². The number of hydrogen-bond acceptors (Lipinski definition) is 4. The second kappa shape index (κ2) is 7.50. The van der Waals surface area contributed by atoms with Gasteiger partial charge in [0.25, 0.3) is 0 Å². The lowest BCUT2D eigenvalue weighted by Gasteiger charge is -2.35. The molecule has 5 heteroatoms. The molecule has 0 aromatic carbocycles. The summed E-state index contributed by atoms with van der Waals surface area (Å²) in [5.41, 5.74) is -0.505. The predicted molar refractivity (Wildman–Crippen MR) is 66.0 cm³/mol. The van der Waals surface area contributed by atoms with E-state index in [1.54, 1.807) is 0 Å². The maximum Gasteiger partial charge on any atom is 0.410 e. The van der Waals surface area contributed by atoms with Crippen LogP contribution in [0.25, 0.3) is 0 Å². The second-order valence-corrected chi connectivity index (χ2v) is 4.59. The van der Waals surface area contributed by atoms with Crippen LogP contribution >= 0.6 is 0 Å². The van der Waals surface area contributed by atoms with E-state index in [0.29, 0.717) is 19.8 Å². The Labute approximate surface area is 104 Å². The molecule has 0 aromatic heterocycles. The normalized spacial score (nSPS) is 20.4. The number of hydrogen-bond donors (Lipinski definition) is 1. The van der Waals surface area contributed by atoms with Crippen molar-refractivity contribution in [3.63, 3.8) is 0 Å². The summed E-state index contributed by atoms with van der Waals surface area (Å²) in [7, 11) is 0. The largest absolute Gasteiger partial charge is 0.444 e. The molecular weight excluding hydrogens is 222 g/mol. The van der Waals surface area contributed by atoms with Crippen molar-refractivity contribution in [3.8, 4) is 0 Å². The maximum atomic E-state index is 11.7. The third kappa shape index (κ3) is 5.89.